The Morgan fingerprint density at radius 2 is 1.93 bits per heavy atom. The van der Waals surface area contributed by atoms with Gasteiger partial charge in [-0.05, 0) is 37.3 Å². The molecule has 0 aliphatic rings. The van der Waals surface area contributed by atoms with Gasteiger partial charge < -0.3 is 14.2 Å². The topological polar surface area (TPSA) is 70.5 Å². The standard InChI is InChI=1S/C21H18N2O4S2/c1-13-22-15(12-28-13)10-26-17-8-7-14(9-18(17)25-2)21(24)27-11-20-23-16-5-3-4-6-19(16)29-20/h3-9,12H,10-11H2,1-2H3. The number of ether oxygens (including phenoxy) is 3. The van der Waals surface area contributed by atoms with E-state index in [0.29, 0.717) is 23.7 Å². The minimum Gasteiger partial charge on any atom is -0.493 e. The average molecular weight is 427 g/mol. The third-order valence-corrected chi connectivity index (χ3v) is 5.94. The molecular formula is C21H18N2O4S2. The molecule has 0 aliphatic heterocycles. The van der Waals surface area contributed by atoms with Gasteiger partial charge in [-0.2, -0.15) is 0 Å². The highest BCUT2D eigenvalue weighted by Gasteiger charge is 2.14. The monoisotopic (exact) mass is 426 g/mol. The Labute approximate surface area is 175 Å². The molecule has 148 valence electrons. The predicted molar refractivity (Wildman–Crippen MR) is 113 cm³/mol. The van der Waals surface area contributed by atoms with E-state index in [4.69, 9.17) is 14.2 Å². The lowest BCUT2D eigenvalue weighted by Gasteiger charge is -2.11. The van der Waals surface area contributed by atoms with Crippen LogP contribution < -0.4 is 9.47 Å². The van der Waals surface area contributed by atoms with Crippen molar-refractivity contribution < 1.29 is 19.0 Å². The van der Waals surface area contributed by atoms with Crippen molar-refractivity contribution in [2.45, 2.75) is 20.1 Å². The van der Waals surface area contributed by atoms with Crippen LogP contribution in [0.15, 0.2) is 47.8 Å². The molecule has 29 heavy (non-hydrogen) atoms. The number of nitrogens with zero attached hydrogens (tertiary/aromatic N) is 2. The van der Waals surface area contributed by atoms with E-state index in [1.165, 1.54) is 18.4 Å². The largest absolute Gasteiger partial charge is 0.493 e. The van der Waals surface area contributed by atoms with Crippen LogP contribution in [0.2, 0.25) is 0 Å². The Morgan fingerprint density at radius 3 is 2.69 bits per heavy atom. The maximum atomic E-state index is 12.4. The smallest absolute Gasteiger partial charge is 0.338 e. The first-order valence-corrected chi connectivity index (χ1v) is 10.6. The highest BCUT2D eigenvalue weighted by Crippen LogP contribution is 2.29. The van der Waals surface area contributed by atoms with Gasteiger partial charge in [-0.25, -0.2) is 14.8 Å². The lowest BCUT2D eigenvalue weighted by molar-refractivity contribution is 0.0472. The Hall–Kier alpha value is -2.97. The van der Waals surface area contributed by atoms with E-state index in [9.17, 15) is 4.79 Å². The van der Waals surface area contributed by atoms with E-state index in [2.05, 4.69) is 9.97 Å². The van der Waals surface area contributed by atoms with Gasteiger partial charge >= 0.3 is 5.97 Å². The van der Waals surface area contributed by atoms with E-state index in [1.807, 2.05) is 36.6 Å². The number of para-hydroxylation sites is 1. The first kappa shape index (κ1) is 19.4. The normalized spacial score (nSPS) is 10.8. The number of carbonyl (C=O) groups excluding carboxylic acids is 1. The Balaban J connectivity index is 1.41. The SMILES string of the molecule is COc1cc(C(=O)OCc2nc3ccccc3s2)ccc1OCc1csc(C)n1. The van der Waals surface area contributed by atoms with Gasteiger partial charge in [0.1, 0.15) is 18.2 Å². The number of benzene rings is 2. The van der Waals surface area contributed by atoms with Gasteiger partial charge in [0, 0.05) is 5.38 Å². The van der Waals surface area contributed by atoms with Gasteiger partial charge in [-0.3, -0.25) is 0 Å². The molecular weight excluding hydrogens is 408 g/mol. The minimum atomic E-state index is -0.441. The summed E-state index contributed by atoms with van der Waals surface area (Å²) in [5, 5.41) is 3.70. The van der Waals surface area contributed by atoms with E-state index in [-0.39, 0.29) is 6.61 Å². The zero-order chi connectivity index (χ0) is 20.2. The van der Waals surface area contributed by atoms with Crippen molar-refractivity contribution in [2.24, 2.45) is 0 Å². The molecule has 0 N–H and O–H groups in total. The molecule has 0 bridgehead atoms. The summed E-state index contributed by atoms with van der Waals surface area (Å²) in [6, 6.07) is 12.8. The summed E-state index contributed by atoms with van der Waals surface area (Å²) in [4.78, 5) is 21.3. The first-order chi connectivity index (χ1) is 14.1. The van der Waals surface area contributed by atoms with E-state index in [1.54, 1.807) is 29.5 Å². The van der Waals surface area contributed by atoms with Crippen molar-refractivity contribution in [1.29, 1.82) is 0 Å². The summed E-state index contributed by atoms with van der Waals surface area (Å²) in [6.45, 7) is 2.41. The third-order valence-electron chi connectivity index (χ3n) is 4.11. The number of aromatic nitrogens is 2. The van der Waals surface area contributed by atoms with Crippen LogP contribution in [0.25, 0.3) is 10.2 Å². The third kappa shape index (κ3) is 4.55. The number of esters is 1. The lowest BCUT2D eigenvalue weighted by Crippen LogP contribution is -2.06. The summed E-state index contributed by atoms with van der Waals surface area (Å²) in [7, 11) is 1.53. The fraction of sp³-hybridized carbons (Fsp3) is 0.190. The van der Waals surface area contributed by atoms with Gasteiger partial charge in [-0.15, -0.1) is 22.7 Å². The van der Waals surface area contributed by atoms with E-state index >= 15 is 0 Å². The van der Waals surface area contributed by atoms with E-state index in [0.717, 1.165) is 25.9 Å². The molecule has 2 heterocycles. The second-order valence-electron chi connectivity index (χ2n) is 6.16. The quantitative estimate of drug-likeness (QED) is 0.387. The van der Waals surface area contributed by atoms with Crippen LogP contribution in [0.3, 0.4) is 0 Å². The number of hydrogen-bond acceptors (Lipinski definition) is 8. The number of aryl methyl sites for hydroxylation is 1. The molecule has 2 aromatic carbocycles. The number of carbonyl (C=O) groups is 1. The van der Waals surface area contributed by atoms with Crippen LogP contribution in [0.1, 0.15) is 26.1 Å². The Bertz CT molecular complexity index is 1120. The van der Waals surface area contributed by atoms with Gasteiger partial charge in [0.05, 0.1) is 33.6 Å². The minimum absolute atomic E-state index is 0.127. The van der Waals surface area contributed by atoms with Crippen LogP contribution in [0.5, 0.6) is 11.5 Å². The molecule has 4 aromatic rings. The molecule has 8 heteroatoms. The zero-order valence-corrected chi connectivity index (χ0v) is 17.5. The van der Waals surface area contributed by atoms with Crippen molar-refractivity contribution in [3.63, 3.8) is 0 Å². The highest BCUT2D eigenvalue weighted by molar-refractivity contribution is 7.18. The molecule has 6 nitrogen and oxygen atoms in total. The van der Waals surface area contributed by atoms with Crippen LogP contribution in [0.4, 0.5) is 0 Å². The summed E-state index contributed by atoms with van der Waals surface area (Å²) in [5.74, 6) is 0.566. The molecule has 0 amide bonds. The van der Waals surface area contributed by atoms with Crippen molar-refractivity contribution in [3.8, 4) is 11.5 Å². The van der Waals surface area contributed by atoms with Gasteiger partial charge in [0.25, 0.3) is 0 Å². The number of fused-ring (bicyclic) bond motifs is 1. The summed E-state index contributed by atoms with van der Waals surface area (Å²) < 4.78 is 17.6. The molecule has 0 fully saturated rings. The fourth-order valence-electron chi connectivity index (χ4n) is 2.73. The van der Waals surface area contributed by atoms with Gasteiger partial charge in [0.15, 0.2) is 11.5 Å². The average Bonchev–Trinajstić information content (AvgIpc) is 3.35. The summed E-state index contributed by atoms with van der Waals surface area (Å²) in [6.07, 6.45) is 0. The molecule has 0 saturated carbocycles. The van der Waals surface area contributed by atoms with Crippen LogP contribution in [0, 0.1) is 6.92 Å². The van der Waals surface area contributed by atoms with Gasteiger partial charge in [-0.1, -0.05) is 12.1 Å². The number of hydrogen-bond donors (Lipinski definition) is 0. The number of methoxy groups -OCH3 is 1. The lowest BCUT2D eigenvalue weighted by atomic mass is 10.2. The molecule has 0 radical (unpaired) electrons. The van der Waals surface area contributed by atoms with Gasteiger partial charge in [0.2, 0.25) is 0 Å². The van der Waals surface area contributed by atoms with E-state index < -0.39 is 5.97 Å². The Kier molecular flexibility index (Phi) is 5.73. The summed E-state index contributed by atoms with van der Waals surface area (Å²) >= 11 is 3.09. The molecule has 2 aromatic heterocycles. The maximum Gasteiger partial charge on any atom is 0.338 e. The molecule has 0 spiro atoms. The van der Waals surface area contributed by atoms with Crippen molar-refractivity contribution in [2.75, 3.05) is 7.11 Å². The Morgan fingerprint density at radius 1 is 1.07 bits per heavy atom. The molecule has 0 unspecified atom stereocenters. The zero-order valence-electron chi connectivity index (χ0n) is 15.9. The highest BCUT2D eigenvalue weighted by atomic mass is 32.1. The van der Waals surface area contributed by atoms with Crippen LogP contribution in [-0.2, 0) is 18.0 Å². The molecule has 0 saturated heterocycles. The fourth-order valence-corrected chi connectivity index (χ4v) is 4.21. The number of rotatable bonds is 7. The first-order valence-electron chi connectivity index (χ1n) is 8.86. The van der Waals surface area contributed by atoms with Crippen molar-refractivity contribution >= 4 is 38.9 Å². The molecule has 4 rings (SSSR count). The van der Waals surface area contributed by atoms with Crippen molar-refractivity contribution in [1.82, 2.24) is 9.97 Å². The predicted octanol–water partition coefficient (Wildman–Crippen LogP) is 5.01. The molecule has 0 aliphatic carbocycles. The number of thiazole rings is 2. The van der Waals surface area contributed by atoms with Crippen molar-refractivity contribution in [3.05, 3.63) is 69.1 Å². The maximum absolute atomic E-state index is 12.4. The van der Waals surface area contributed by atoms with Crippen LogP contribution >= 0.6 is 22.7 Å². The summed E-state index contributed by atoms with van der Waals surface area (Å²) in [5.41, 5.74) is 2.15. The second-order valence-corrected chi connectivity index (χ2v) is 8.34. The second kappa shape index (κ2) is 8.59. The van der Waals surface area contributed by atoms with Crippen LogP contribution in [-0.4, -0.2) is 23.0 Å². The molecule has 0 atom stereocenters.